The second kappa shape index (κ2) is 6.41. The van der Waals surface area contributed by atoms with Gasteiger partial charge in [0.1, 0.15) is 10.9 Å². The molecule has 0 aliphatic heterocycles. The van der Waals surface area contributed by atoms with E-state index in [2.05, 4.69) is 26.3 Å². The van der Waals surface area contributed by atoms with Crippen molar-refractivity contribution in [2.75, 3.05) is 5.32 Å². The largest absolute Gasteiger partial charge is 0.351 e. The van der Waals surface area contributed by atoms with Crippen molar-refractivity contribution in [3.05, 3.63) is 33.5 Å². The van der Waals surface area contributed by atoms with E-state index in [0.717, 1.165) is 22.1 Å². The lowest BCUT2D eigenvalue weighted by Crippen LogP contribution is -2.18. The van der Waals surface area contributed by atoms with Gasteiger partial charge >= 0.3 is 0 Å². The molecule has 1 aliphatic rings. The van der Waals surface area contributed by atoms with E-state index in [4.69, 9.17) is 0 Å². The minimum atomic E-state index is -0.426. The van der Waals surface area contributed by atoms with E-state index >= 15 is 0 Å². The fourth-order valence-electron chi connectivity index (χ4n) is 2.81. The van der Waals surface area contributed by atoms with Crippen molar-refractivity contribution in [1.82, 2.24) is 15.0 Å². The molecule has 0 aromatic carbocycles. The van der Waals surface area contributed by atoms with Gasteiger partial charge in [-0.2, -0.15) is 5.26 Å². The van der Waals surface area contributed by atoms with Crippen molar-refractivity contribution in [1.29, 1.82) is 5.26 Å². The highest BCUT2D eigenvalue weighted by Crippen LogP contribution is 2.27. The number of rotatable bonds is 4. The van der Waals surface area contributed by atoms with Gasteiger partial charge in [0.15, 0.2) is 0 Å². The van der Waals surface area contributed by atoms with E-state index < -0.39 is 5.92 Å². The van der Waals surface area contributed by atoms with Crippen LogP contribution in [0.4, 0.5) is 5.95 Å². The van der Waals surface area contributed by atoms with E-state index in [1.165, 1.54) is 37.0 Å². The van der Waals surface area contributed by atoms with Crippen LogP contribution in [0.15, 0.2) is 11.4 Å². The highest BCUT2D eigenvalue weighted by atomic mass is 32.1. The Kier molecular flexibility index (Phi) is 4.34. The van der Waals surface area contributed by atoms with Crippen molar-refractivity contribution in [3.63, 3.8) is 0 Å². The van der Waals surface area contributed by atoms with Gasteiger partial charge in [-0.05, 0) is 32.8 Å². The van der Waals surface area contributed by atoms with Gasteiger partial charge in [0.25, 0.3) is 0 Å². The summed E-state index contributed by atoms with van der Waals surface area (Å²) in [5, 5.41) is 15.7. The summed E-state index contributed by atoms with van der Waals surface area (Å²) in [5.74, 6) is 0.208. The van der Waals surface area contributed by atoms with Crippen LogP contribution in [-0.2, 0) is 0 Å². The number of hydrogen-bond acceptors (Lipinski definition) is 6. The van der Waals surface area contributed by atoms with Gasteiger partial charge in [0.2, 0.25) is 5.95 Å². The molecule has 6 heteroatoms. The monoisotopic (exact) mass is 313 g/mol. The summed E-state index contributed by atoms with van der Waals surface area (Å²) in [6.45, 7) is 3.87. The van der Waals surface area contributed by atoms with Crippen LogP contribution in [0.5, 0.6) is 0 Å². The van der Waals surface area contributed by atoms with Gasteiger partial charge in [-0.1, -0.05) is 12.8 Å². The highest BCUT2D eigenvalue weighted by Gasteiger charge is 2.21. The average Bonchev–Trinajstić information content (AvgIpc) is 3.11. The quantitative estimate of drug-likeness (QED) is 0.934. The summed E-state index contributed by atoms with van der Waals surface area (Å²) >= 11 is 1.51. The van der Waals surface area contributed by atoms with Crippen molar-refractivity contribution in [2.45, 2.75) is 51.5 Å². The van der Waals surface area contributed by atoms with Crippen molar-refractivity contribution >= 4 is 17.3 Å². The molecule has 0 saturated heterocycles. The molecule has 0 amide bonds. The molecule has 1 saturated carbocycles. The molecular weight excluding hydrogens is 294 g/mol. The second-order valence-corrected chi connectivity index (χ2v) is 6.66. The molecular formula is C16H19N5S. The maximum Gasteiger partial charge on any atom is 0.223 e. The van der Waals surface area contributed by atoms with E-state index in [9.17, 15) is 5.26 Å². The first kappa shape index (κ1) is 14.9. The standard InChI is InChI=1S/C16H19N5S/c1-10-7-14(13(8-17)15-18-11(2)9-22-15)21-16(19-10)20-12-5-3-4-6-12/h7,9,12-13H,3-6H2,1-2H3,(H,19,20,21). The molecule has 1 fully saturated rings. The Morgan fingerprint density at radius 3 is 2.64 bits per heavy atom. The summed E-state index contributed by atoms with van der Waals surface area (Å²) in [6.07, 6.45) is 4.85. The molecule has 114 valence electrons. The molecule has 2 aromatic heterocycles. The van der Waals surface area contributed by atoms with Crippen molar-refractivity contribution < 1.29 is 0 Å². The third-order valence-corrected chi connectivity index (χ3v) is 4.90. The van der Waals surface area contributed by atoms with Crippen LogP contribution in [0.1, 0.15) is 53.7 Å². The van der Waals surface area contributed by atoms with Crippen LogP contribution in [0.25, 0.3) is 0 Å². The predicted molar refractivity (Wildman–Crippen MR) is 87.0 cm³/mol. The van der Waals surface area contributed by atoms with Crippen molar-refractivity contribution in [3.8, 4) is 6.07 Å². The molecule has 0 bridgehead atoms. The van der Waals surface area contributed by atoms with Gasteiger partial charge in [-0.15, -0.1) is 11.3 Å². The van der Waals surface area contributed by atoms with E-state index in [1.54, 1.807) is 0 Å². The normalized spacial score (nSPS) is 16.4. The average molecular weight is 313 g/mol. The van der Waals surface area contributed by atoms with E-state index in [-0.39, 0.29) is 0 Å². The van der Waals surface area contributed by atoms with Gasteiger partial charge in [0.05, 0.1) is 11.8 Å². The lowest BCUT2D eigenvalue weighted by atomic mass is 10.1. The third kappa shape index (κ3) is 3.25. The first-order valence-electron chi connectivity index (χ1n) is 7.59. The number of anilines is 1. The van der Waals surface area contributed by atoms with Crippen LogP contribution in [0.2, 0.25) is 0 Å². The SMILES string of the molecule is Cc1cc(C(C#N)c2nc(C)cs2)nc(NC2CCCC2)n1. The summed E-state index contributed by atoms with van der Waals surface area (Å²) in [6, 6.07) is 4.66. The van der Waals surface area contributed by atoms with E-state index in [0.29, 0.717) is 12.0 Å². The molecule has 22 heavy (non-hydrogen) atoms. The van der Waals surface area contributed by atoms with Crippen LogP contribution >= 0.6 is 11.3 Å². The number of aryl methyl sites for hydroxylation is 2. The number of nitrogens with zero attached hydrogens (tertiary/aromatic N) is 4. The van der Waals surface area contributed by atoms with Gasteiger partial charge in [-0.3, -0.25) is 0 Å². The minimum absolute atomic E-state index is 0.426. The summed E-state index contributed by atoms with van der Waals surface area (Å²) < 4.78 is 0. The van der Waals surface area contributed by atoms with Crippen LogP contribution in [0.3, 0.4) is 0 Å². The van der Waals surface area contributed by atoms with Crippen LogP contribution in [0, 0.1) is 25.2 Å². The smallest absolute Gasteiger partial charge is 0.223 e. The van der Waals surface area contributed by atoms with Crippen molar-refractivity contribution in [2.24, 2.45) is 0 Å². The highest BCUT2D eigenvalue weighted by molar-refractivity contribution is 7.09. The number of nitriles is 1. The zero-order valence-electron chi connectivity index (χ0n) is 12.8. The Balaban J connectivity index is 1.88. The Morgan fingerprint density at radius 2 is 2.00 bits per heavy atom. The molecule has 2 aromatic rings. The van der Waals surface area contributed by atoms with Gasteiger partial charge < -0.3 is 5.32 Å². The molecule has 5 nitrogen and oxygen atoms in total. The van der Waals surface area contributed by atoms with Gasteiger partial charge in [0, 0.05) is 22.8 Å². The maximum atomic E-state index is 9.54. The number of hydrogen-bond donors (Lipinski definition) is 1. The molecule has 1 atom stereocenters. The first-order chi connectivity index (χ1) is 10.7. The lowest BCUT2D eigenvalue weighted by molar-refractivity contribution is 0.739. The zero-order valence-corrected chi connectivity index (χ0v) is 13.7. The fraction of sp³-hybridized carbons (Fsp3) is 0.500. The molecule has 0 radical (unpaired) electrons. The zero-order chi connectivity index (χ0) is 15.5. The Bertz CT molecular complexity index is 697. The van der Waals surface area contributed by atoms with Crippen LogP contribution < -0.4 is 5.32 Å². The second-order valence-electron chi connectivity index (χ2n) is 5.77. The maximum absolute atomic E-state index is 9.54. The topological polar surface area (TPSA) is 74.5 Å². The molecule has 2 heterocycles. The molecule has 1 unspecified atom stereocenters. The van der Waals surface area contributed by atoms with Crippen LogP contribution in [-0.4, -0.2) is 21.0 Å². The lowest BCUT2D eigenvalue weighted by Gasteiger charge is -2.14. The van der Waals surface area contributed by atoms with E-state index in [1.807, 2.05) is 25.3 Å². The number of nitrogens with one attached hydrogen (secondary N) is 1. The molecule has 3 rings (SSSR count). The first-order valence-corrected chi connectivity index (χ1v) is 8.47. The summed E-state index contributed by atoms with van der Waals surface area (Å²) in [4.78, 5) is 13.5. The Labute approximate surface area is 134 Å². The fourth-order valence-corrected chi connectivity index (χ4v) is 3.66. The number of aromatic nitrogens is 3. The summed E-state index contributed by atoms with van der Waals surface area (Å²) in [7, 11) is 0. The predicted octanol–water partition coefficient (Wildman–Crippen LogP) is 3.56. The minimum Gasteiger partial charge on any atom is -0.351 e. The number of thiazole rings is 1. The molecule has 0 spiro atoms. The molecule has 1 N–H and O–H groups in total. The molecule has 1 aliphatic carbocycles. The van der Waals surface area contributed by atoms with Gasteiger partial charge in [-0.25, -0.2) is 15.0 Å². The summed E-state index contributed by atoms with van der Waals surface area (Å²) in [5.41, 5.74) is 2.54. The Morgan fingerprint density at radius 1 is 1.23 bits per heavy atom. The third-order valence-electron chi connectivity index (χ3n) is 3.87. The Hall–Kier alpha value is -2.00.